The summed E-state index contributed by atoms with van der Waals surface area (Å²) in [6.45, 7) is 0. The molecule has 17 heavy (non-hydrogen) atoms. The Labute approximate surface area is 104 Å². The number of hydrogen-bond acceptors (Lipinski definition) is 2. The lowest BCUT2D eigenvalue weighted by atomic mass is 10.1. The number of benzene rings is 1. The number of carbonyl (C=O) groups is 1. The molecule has 0 fully saturated rings. The number of carbonyl (C=O) groups excluding carboxylic acids is 1. The lowest BCUT2D eigenvalue weighted by Gasteiger charge is -1.94. The van der Waals surface area contributed by atoms with E-state index in [1.54, 1.807) is 6.07 Å². The number of allylic oxidation sites excluding steroid dienone is 1. The zero-order valence-electron chi connectivity index (χ0n) is 9.37. The van der Waals surface area contributed by atoms with E-state index in [2.05, 4.69) is 9.72 Å². The number of nitrogens with one attached hydrogen (secondary N) is 1. The van der Waals surface area contributed by atoms with Crippen molar-refractivity contribution in [3.63, 3.8) is 0 Å². The summed E-state index contributed by atoms with van der Waals surface area (Å²) in [5.74, 6) is 0.120. The van der Waals surface area contributed by atoms with E-state index in [9.17, 15) is 4.79 Å². The molecule has 1 aromatic heterocycles. The highest BCUT2D eigenvalue weighted by molar-refractivity contribution is 6.19. The predicted octanol–water partition coefficient (Wildman–Crippen LogP) is 3.21. The zero-order chi connectivity index (χ0) is 12.3. The van der Waals surface area contributed by atoms with Gasteiger partial charge in [0.25, 0.3) is 0 Å². The van der Waals surface area contributed by atoms with Crippen molar-refractivity contribution in [1.82, 2.24) is 4.98 Å². The van der Waals surface area contributed by atoms with E-state index in [0.29, 0.717) is 11.6 Å². The highest BCUT2D eigenvalue weighted by atomic mass is 35.5. The first kappa shape index (κ1) is 11.7. The van der Waals surface area contributed by atoms with Crippen LogP contribution in [0.5, 0.6) is 0 Å². The van der Waals surface area contributed by atoms with Crippen molar-refractivity contribution in [3.8, 4) is 0 Å². The number of aromatic amines is 1. The Morgan fingerprint density at radius 1 is 1.47 bits per heavy atom. The van der Waals surface area contributed by atoms with E-state index < -0.39 is 0 Å². The fraction of sp³-hybridized carbons (Fsp3) is 0.154. The van der Waals surface area contributed by atoms with Crippen LogP contribution in [0.1, 0.15) is 16.1 Å². The standard InChI is InChI=1S/C13H12ClNO2/c1-17-13(16)12-8-10-5-4-9(3-2-6-14)7-11(10)15-12/h2-5,7-8,15H,6H2,1H3. The summed E-state index contributed by atoms with van der Waals surface area (Å²) in [4.78, 5) is 14.4. The second-order valence-electron chi connectivity index (χ2n) is 3.58. The van der Waals surface area contributed by atoms with Crippen LogP contribution in [0.2, 0.25) is 0 Å². The minimum absolute atomic E-state index is 0.362. The third kappa shape index (κ3) is 2.50. The molecule has 1 N–H and O–H groups in total. The molecule has 2 rings (SSSR count). The average Bonchev–Trinajstić information content (AvgIpc) is 2.78. The Hall–Kier alpha value is -1.74. The van der Waals surface area contributed by atoms with E-state index in [-0.39, 0.29) is 5.97 Å². The van der Waals surface area contributed by atoms with Gasteiger partial charge in [-0.3, -0.25) is 0 Å². The molecule has 88 valence electrons. The fourth-order valence-corrected chi connectivity index (χ4v) is 1.74. The van der Waals surface area contributed by atoms with Crippen molar-refractivity contribution in [3.05, 3.63) is 41.6 Å². The first-order valence-electron chi connectivity index (χ1n) is 5.18. The molecule has 0 saturated heterocycles. The van der Waals surface area contributed by atoms with Crippen LogP contribution in [0.15, 0.2) is 30.3 Å². The predicted molar refractivity (Wildman–Crippen MR) is 69.4 cm³/mol. The molecule has 1 heterocycles. The first-order chi connectivity index (χ1) is 8.24. The van der Waals surface area contributed by atoms with Gasteiger partial charge in [-0.05, 0) is 17.7 Å². The molecule has 0 bridgehead atoms. The molecule has 0 saturated carbocycles. The molecule has 1 aromatic carbocycles. The third-order valence-corrected chi connectivity index (χ3v) is 2.63. The minimum Gasteiger partial charge on any atom is -0.464 e. The van der Waals surface area contributed by atoms with Crippen LogP contribution >= 0.6 is 11.6 Å². The van der Waals surface area contributed by atoms with Gasteiger partial charge >= 0.3 is 5.97 Å². The van der Waals surface area contributed by atoms with Gasteiger partial charge in [-0.15, -0.1) is 11.6 Å². The summed E-state index contributed by atoms with van der Waals surface area (Å²) in [5.41, 5.74) is 2.40. The van der Waals surface area contributed by atoms with Gasteiger partial charge in [0.05, 0.1) is 7.11 Å². The van der Waals surface area contributed by atoms with Gasteiger partial charge in [-0.25, -0.2) is 4.79 Å². The minimum atomic E-state index is -0.362. The van der Waals surface area contributed by atoms with Crippen molar-refractivity contribution in [1.29, 1.82) is 0 Å². The molecular weight excluding hydrogens is 238 g/mol. The van der Waals surface area contributed by atoms with Crippen LogP contribution in [0.25, 0.3) is 17.0 Å². The molecule has 4 heteroatoms. The molecule has 0 aliphatic heterocycles. The number of aromatic nitrogens is 1. The van der Waals surface area contributed by atoms with E-state index in [1.165, 1.54) is 7.11 Å². The van der Waals surface area contributed by atoms with Crippen molar-refractivity contribution in [2.24, 2.45) is 0 Å². The summed E-state index contributed by atoms with van der Waals surface area (Å²) in [6, 6.07) is 7.66. The van der Waals surface area contributed by atoms with Gasteiger partial charge in [0, 0.05) is 16.8 Å². The van der Waals surface area contributed by atoms with Crippen LogP contribution in [0.4, 0.5) is 0 Å². The number of halogens is 1. The summed E-state index contributed by atoms with van der Waals surface area (Å²) in [6.07, 6.45) is 3.80. The van der Waals surface area contributed by atoms with Crippen molar-refractivity contribution >= 4 is 34.5 Å². The molecule has 2 aromatic rings. The van der Waals surface area contributed by atoms with E-state index >= 15 is 0 Å². The zero-order valence-corrected chi connectivity index (χ0v) is 10.1. The molecule has 0 unspecified atom stereocenters. The normalized spacial score (nSPS) is 11.2. The third-order valence-electron chi connectivity index (χ3n) is 2.45. The molecule has 0 atom stereocenters. The number of H-pyrrole nitrogens is 1. The summed E-state index contributed by atoms with van der Waals surface area (Å²) < 4.78 is 4.66. The molecule has 3 nitrogen and oxygen atoms in total. The van der Waals surface area contributed by atoms with Crippen LogP contribution in [-0.2, 0) is 4.74 Å². The average molecular weight is 250 g/mol. The Morgan fingerprint density at radius 3 is 3.00 bits per heavy atom. The van der Waals surface area contributed by atoms with Gasteiger partial charge in [0.2, 0.25) is 0 Å². The molecule has 0 spiro atoms. The van der Waals surface area contributed by atoms with Gasteiger partial charge < -0.3 is 9.72 Å². The van der Waals surface area contributed by atoms with Crippen LogP contribution in [0.3, 0.4) is 0 Å². The fourth-order valence-electron chi connectivity index (χ4n) is 1.65. The van der Waals surface area contributed by atoms with Crippen molar-refractivity contribution < 1.29 is 9.53 Å². The smallest absolute Gasteiger partial charge is 0.354 e. The summed E-state index contributed by atoms with van der Waals surface area (Å²) >= 11 is 5.58. The second kappa shape index (κ2) is 5.06. The van der Waals surface area contributed by atoms with E-state index in [1.807, 2.05) is 30.4 Å². The maximum atomic E-state index is 11.4. The van der Waals surface area contributed by atoms with Crippen molar-refractivity contribution in [2.75, 3.05) is 13.0 Å². The number of methoxy groups -OCH3 is 1. The Balaban J connectivity index is 2.40. The number of rotatable bonds is 3. The number of esters is 1. The van der Waals surface area contributed by atoms with Crippen LogP contribution in [0, 0.1) is 0 Å². The van der Waals surface area contributed by atoms with E-state index in [0.717, 1.165) is 16.5 Å². The van der Waals surface area contributed by atoms with Crippen LogP contribution in [-0.4, -0.2) is 23.9 Å². The van der Waals surface area contributed by atoms with Gasteiger partial charge in [0.1, 0.15) is 5.69 Å². The quantitative estimate of drug-likeness (QED) is 0.670. The maximum absolute atomic E-state index is 11.4. The highest BCUT2D eigenvalue weighted by Crippen LogP contribution is 2.18. The largest absolute Gasteiger partial charge is 0.464 e. The summed E-state index contributed by atoms with van der Waals surface area (Å²) in [5, 5.41) is 0.980. The SMILES string of the molecule is COC(=O)c1cc2ccc(C=CCCl)cc2[nH]1. The Kier molecular flexibility index (Phi) is 3.49. The Morgan fingerprint density at radius 2 is 2.29 bits per heavy atom. The van der Waals surface area contributed by atoms with Crippen LogP contribution < -0.4 is 0 Å². The molecule has 0 aliphatic rings. The number of alkyl halides is 1. The molecule has 0 amide bonds. The highest BCUT2D eigenvalue weighted by Gasteiger charge is 2.08. The van der Waals surface area contributed by atoms with Gasteiger partial charge in [-0.1, -0.05) is 24.3 Å². The van der Waals surface area contributed by atoms with Gasteiger partial charge in [0.15, 0.2) is 0 Å². The monoisotopic (exact) mass is 249 g/mol. The number of ether oxygens (including phenoxy) is 1. The topological polar surface area (TPSA) is 42.1 Å². The lowest BCUT2D eigenvalue weighted by Crippen LogP contribution is -2.00. The number of fused-ring (bicyclic) bond motifs is 1. The first-order valence-corrected chi connectivity index (χ1v) is 5.71. The van der Waals surface area contributed by atoms with Crippen molar-refractivity contribution in [2.45, 2.75) is 0 Å². The lowest BCUT2D eigenvalue weighted by molar-refractivity contribution is 0.0595. The summed E-state index contributed by atoms with van der Waals surface area (Å²) in [7, 11) is 1.36. The second-order valence-corrected chi connectivity index (χ2v) is 3.89. The molecular formula is C13H12ClNO2. The molecule has 0 radical (unpaired) electrons. The van der Waals surface area contributed by atoms with E-state index in [4.69, 9.17) is 11.6 Å². The Bertz CT molecular complexity index is 572. The maximum Gasteiger partial charge on any atom is 0.354 e. The molecule has 0 aliphatic carbocycles. The van der Waals surface area contributed by atoms with Gasteiger partial charge in [-0.2, -0.15) is 0 Å². The number of hydrogen-bond donors (Lipinski definition) is 1.